The Labute approximate surface area is 409 Å². The van der Waals surface area contributed by atoms with Crippen LogP contribution in [-0.2, 0) is 21.7 Å². The third-order valence-electron chi connectivity index (χ3n) is 16.7. The van der Waals surface area contributed by atoms with Crippen LogP contribution in [0.25, 0.3) is 88.4 Å². The van der Waals surface area contributed by atoms with Crippen LogP contribution in [0.2, 0.25) is 0 Å². The fourth-order valence-corrected chi connectivity index (χ4v) is 12.9. The Morgan fingerprint density at radius 3 is 1.64 bits per heavy atom. The Morgan fingerprint density at radius 2 is 0.943 bits per heavy atom. The van der Waals surface area contributed by atoms with Crippen LogP contribution < -0.4 is 4.90 Å². The topological polar surface area (TPSA) is 42.4 Å². The highest BCUT2D eigenvalue weighted by molar-refractivity contribution is 6.19. The van der Waals surface area contributed by atoms with Crippen LogP contribution in [-0.4, -0.2) is 4.98 Å². The molecule has 0 aliphatic heterocycles. The van der Waals surface area contributed by atoms with Crippen molar-refractivity contribution in [1.82, 2.24) is 4.98 Å². The molecule has 0 unspecified atom stereocenters. The van der Waals surface area contributed by atoms with Crippen LogP contribution in [0, 0.1) is 0 Å². The SMILES string of the molecule is CC(C)(C)c1ccc(N(c2ccc3c(c2)C(C)(C)c2cc4c(cc2-3)C(C)(C)c2ccc3oc5ccccc5c3c2-4)c2ccc3c(c2)C(C)(C)c2cc(-c4ccncc4)c4oc5ccccc5c4c2-3)cc1. The molecule has 0 amide bonds. The quantitative estimate of drug-likeness (QED) is 0.176. The zero-order valence-electron chi connectivity index (χ0n) is 41.3. The number of fused-ring (bicyclic) bond motifs is 17. The van der Waals surface area contributed by atoms with Crippen LogP contribution in [0.1, 0.15) is 101 Å². The monoisotopic (exact) mass is 906 g/mol. The van der Waals surface area contributed by atoms with Gasteiger partial charge in [-0.05, 0) is 168 Å². The summed E-state index contributed by atoms with van der Waals surface area (Å²) in [5.74, 6) is 0. The van der Waals surface area contributed by atoms with Gasteiger partial charge in [0.2, 0.25) is 0 Å². The van der Waals surface area contributed by atoms with E-state index in [1.54, 1.807) is 0 Å². The molecule has 4 nitrogen and oxygen atoms in total. The summed E-state index contributed by atoms with van der Waals surface area (Å²) in [6.07, 6.45) is 3.74. The lowest BCUT2D eigenvalue weighted by Gasteiger charge is -2.30. The van der Waals surface area contributed by atoms with E-state index < -0.39 is 0 Å². The molecule has 11 aromatic rings. The maximum atomic E-state index is 6.78. The number of benzene rings is 8. The summed E-state index contributed by atoms with van der Waals surface area (Å²) >= 11 is 0. The number of para-hydroxylation sites is 2. The van der Waals surface area contributed by atoms with Crippen molar-refractivity contribution >= 4 is 60.9 Å². The van der Waals surface area contributed by atoms with Gasteiger partial charge in [0.25, 0.3) is 0 Å². The van der Waals surface area contributed by atoms with E-state index in [-0.39, 0.29) is 21.7 Å². The van der Waals surface area contributed by atoms with E-state index in [1.807, 2.05) is 12.4 Å². The molecule has 0 bridgehead atoms. The van der Waals surface area contributed by atoms with E-state index in [1.165, 1.54) is 88.5 Å². The molecule has 3 aromatic heterocycles. The summed E-state index contributed by atoms with van der Waals surface area (Å²) in [7, 11) is 0. The van der Waals surface area contributed by atoms with Crippen LogP contribution in [0.3, 0.4) is 0 Å². The van der Waals surface area contributed by atoms with E-state index in [0.717, 1.165) is 55.9 Å². The lowest BCUT2D eigenvalue weighted by molar-refractivity contribution is 0.590. The van der Waals surface area contributed by atoms with Gasteiger partial charge in [-0.15, -0.1) is 0 Å². The molecular formula is C66H54N2O2. The van der Waals surface area contributed by atoms with E-state index in [2.05, 4.69) is 224 Å². The first-order valence-electron chi connectivity index (χ1n) is 24.8. The molecule has 3 aliphatic carbocycles. The largest absolute Gasteiger partial charge is 0.456 e. The summed E-state index contributed by atoms with van der Waals surface area (Å²) in [5, 5.41) is 4.72. The Balaban J connectivity index is 0.939. The zero-order chi connectivity index (χ0) is 47.8. The fourth-order valence-electron chi connectivity index (χ4n) is 12.9. The second-order valence-electron chi connectivity index (χ2n) is 22.8. The minimum absolute atomic E-state index is 0.0274. The predicted molar refractivity (Wildman–Crippen MR) is 290 cm³/mol. The first-order valence-corrected chi connectivity index (χ1v) is 24.8. The molecule has 4 heteroatoms. The molecule has 0 radical (unpaired) electrons. The number of hydrogen-bond acceptors (Lipinski definition) is 4. The maximum absolute atomic E-state index is 6.78. The smallest absolute Gasteiger partial charge is 0.143 e. The van der Waals surface area contributed by atoms with Gasteiger partial charge in [0.1, 0.15) is 22.3 Å². The Bertz CT molecular complexity index is 4060. The minimum atomic E-state index is -0.306. The van der Waals surface area contributed by atoms with E-state index in [0.29, 0.717) is 0 Å². The maximum Gasteiger partial charge on any atom is 0.143 e. The number of aromatic nitrogens is 1. The summed E-state index contributed by atoms with van der Waals surface area (Å²) < 4.78 is 13.2. The number of rotatable bonds is 4. The van der Waals surface area contributed by atoms with Gasteiger partial charge in [-0.3, -0.25) is 4.98 Å². The van der Waals surface area contributed by atoms with Crippen molar-refractivity contribution in [3.05, 3.63) is 203 Å². The van der Waals surface area contributed by atoms with Crippen LogP contribution in [0.5, 0.6) is 0 Å². The van der Waals surface area contributed by atoms with Crippen molar-refractivity contribution in [2.45, 2.75) is 84.0 Å². The molecule has 14 rings (SSSR count). The molecule has 3 heterocycles. The summed E-state index contributed by atoms with van der Waals surface area (Å²) in [6, 6.07) is 56.7. The highest BCUT2D eigenvalue weighted by atomic mass is 16.3. The standard InChI is InChI=1S/C66H54N2O2/c1-63(2,3)38-18-20-39(21-19-38)68(41-23-25-43-51(33-41)66(8,9)54-34-46(37-28-30-67-31-29-37)62-61(58(43)54)45-15-11-13-17-56(45)70-62)40-22-24-42-47-35-53-48(36-52(47)65(6,7)50(42)32-40)59-49(64(53,4)5)26-27-57-60(59)44-14-10-12-16-55(44)69-57/h10-36H,1-9H3. The number of anilines is 3. The second kappa shape index (κ2) is 13.8. The van der Waals surface area contributed by atoms with Crippen molar-refractivity contribution in [2.24, 2.45) is 0 Å². The van der Waals surface area contributed by atoms with Gasteiger partial charge in [0.15, 0.2) is 0 Å². The molecule has 0 saturated heterocycles. The lowest BCUT2D eigenvalue weighted by Crippen LogP contribution is -2.18. The zero-order valence-corrected chi connectivity index (χ0v) is 41.3. The Hall–Kier alpha value is -7.69. The summed E-state index contributed by atoms with van der Waals surface area (Å²) in [4.78, 5) is 6.84. The molecule has 0 spiro atoms. The molecule has 0 fully saturated rings. The van der Waals surface area contributed by atoms with Crippen molar-refractivity contribution in [1.29, 1.82) is 0 Å². The van der Waals surface area contributed by atoms with Crippen LogP contribution in [0.15, 0.2) is 173 Å². The number of hydrogen-bond donors (Lipinski definition) is 0. The van der Waals surface area contributed by atoms with Crippen molar-refractivity contribution in [3.63, 3.8) is 0 Å². The molecule has 70 heavy (non-hydrogen) atoms. The van der Waals surface area contributed by atoms with Crippen molar-refractivity contribution in [3.8, 4) is 44.5 Å². The molecule has 3 aliphatic rings. The highest BCUT2D eigenvalue weighted by Gasteiger charge is 2.44. The van der Waals surface area contributed by atoms with E-state index in [9.17, 15) is 0 Å². The van der Waals surface area contributed by atoms with Crippen LogP contribution >= 0.6 is 0 Å². The Kier molecular flexibility index (Phi) is 8.12. The minimum Gasteiger partial charge on any atom is -0.456 e. The molecular weight excluding hydrogens is 853 g/mol. The molecule has 340 valence electrons. The first kappa shape index (κ1) is 41.3. The van der Waals surface area contributed by atoms with Gasteiger partial charge < -0.3 is 13.7 Å². The average Bonchev–Trinajstić information content (AvgIpc) is 4.10. The highest BCUT2D eigenvalue weighted by Crippen LogP contribution is 2.60. The van der Waals surface area contributed by atoms with Crippen molar-refractivity contribution in [2.75, 3.05) is 4.90 Å². The average molecular weight is 907 g/mol. The second-order valence-corrected chi connectivity index (χ2v) is 22.8. The summed E-state index contributed by atoms with van der Waals surface area (Å²) in [5.41, 5.74) is 25.8. The van der Waals surface area contributed by atoms with Gasteiger partial charge in [0.05, 0.1) is 0 Å². The van der Waals surface area contributed by atoms with Crippen molar-refractivity contribution < 1.29 is 8.83 Å². The van der Waals surface area contributed by atoms with Crippen LogP contribution in [0.4, 0.5) is 17.1 Å². The molecule has 0 saturated carbocycles. The summed E-state index contributed by atoms with van der Waals surface area (Å²) in [6.45, 7) is 21.3. The third-order valence-corrected chi connectivity index (χ3v) is 16.7. The normalized spacial score (nSPS) is 15.6. The van der Waals surface area contributed by atoms with Gasteiger partial charge in [0, 0.05) is 72.8 Å². The molecule has 8 aromatic carbocycles. The van der Waals surface area contributed by atoms with E-state index >= 15 is 0 Å². The lowest BCUT2D eigenvalue weighted by atomic mass is 9.79. The van der Waals surface area contributed by atoms with Gasteiger partial charge in [-0.2, -0.15) is 0 Å². The fraction of sp³-hybridized carbons (Fsp3) is 0.197. The van der Waals surface area contributed by atoms with Gasteiger partial charge in [-0.25, -0.2) is 0 Å². The van der Waals surface area contributed by atoms with E-state index in [4.69, 9.17) is 8.83 Å². The van der Waals surface area contributed by atoms with Gasteiger partial charge >= 0.3 is 0 Å². The third kappa shape index (κ3) is 5.45. The molecule has 0 N–H and O–H groups in total. The number of pyridine rings is 1. The number of nitrogens with zero attached hydrogens (tertiary/aromatic N) is 2. The number of furan rings is 2. The predicted octanol–water partition coefficient (Wildman–Crippen LogP) is 18.2. The Morgan fingerprint density at radius 1 is 0.414 bits per heavy atom. The first-order chi connectivity index (χ1) is 33.6. The van der Waals surface area contributed by atoms with Gasteiger partial charge in [-0.1, -0.05) is 129 Å². The molecule has 0 atom stereocenters.